The predicted molar refractivity (Wildman–Crippen MR) is 51.7 cm³/mol. The van der Waals surface area contributed by atoms with Crippen molar-refractivity contribution in [1.29, 1.82) is 0 Å². The number of carboxylic acids is 1. The maximum absolute atomic E-state index is 10.8. The summed E-state index contributed by atoms with van der Waals surface area (Å²) in [5.41, 5.74) is 3.67. The van der Waals surface area contributed by atoms with E-state index in [0.29, 0.717) is 6.54 Å². The second-order valence-corrected chi connectivity index (χ2v) is 4.15. The van der Waals surface area contributed by atoms with Gasteiger partial charge in [-0.3, -0.25) is 4.79 Å². The average molecular weight is 238 g/mol. The fourth-order valence-electron chi connectivity index (χ4n) is 2.52. The van der Waals surface area contributed by atoms with Crippen LogP contribution in [-0.4, -0.2) is 30.8 Å². The summed E-state index contributed by atoms with van der Waals surface area (Å²) in [4.78, 5) is 10.8. The first-order chi connectivity index (χ1) is 6.64. The first-order valence-corrected chi connectivity index (χ1v) is 5.18. The van der Waals surface area contributed by atoms with Crippen LogP contribution in [0.25, 0.3) is 0 Å². The minimum atomic E-state index is -0.738. The number of carboxylic acid groups (broad SMARTS) is 1. The van der Waals surface area contributed by atoms with Crippen molar-refractivity contribution in [3.05, 3.63) is 0 Å². The van der Waals surface area contributed by atoms with Crippen LogP contribution in [0.3, 0.4) is 0 Å². The van der Waals surface area contributed by atoms with Crippen LogP contribution in [0.1, 0.15) is 32.1 Å². The van der Waals surface area contributed by atoms with Gasteiger partial charge >= 0.3 is 5.97 Å². The van der Waals surface area contributed by atoms with Gasteiger partial charge in [0, 0.05) is 7.11 Å². The summed E-state index contributed by atoms with van der Waals surface area (Å²) in [7, 11) is 1.67. The van der Waals surface area contributed by atoms with Gasteiger partial charge in [0.25, 0.3) is 0 Å². The summed E-state index contributed by atoms with van der Waals surface area (Å²) in [6.45, 7) is 0.651. The number of quaternary nitrogens is 1. The number of hydrogen-bond donors (Lipinski definition) is 2. The Morgan fingerprint density at radius 2 is 2.27 bits per heavy atom. The van der Waals surface area contributed by atoms with Crippen LogP contribution in [-0.2, 0) is 9.53 Å². The Kier molecular flexibility index (Phi) is 6.17. The van der Waals surface area contributed by atoms with Gasteiger partial charge in [-0.25, -0.2) is 0 Å². The Balaban J connectivity index is 0.00000196. The van der Waals surface area contributed by atoms with Gasteiger partial charge in [0.15, 0.2) is 0 Å². The zero-order valence-corrected chi connectivity index (χ0v) is 9.92. The predicted octanol–water partition coefficient (Wildman–Crippen LogP) is -2.72. The summed E-state index contributed by atoms with van der Waals surface area (Å²) in [6, 6.07) is 0. The van der Waals surface area contributed by atoms with E-state index in [2.05, 4.69) is 5.73 Å². The van der Waals surface area contributed by atoms with Crippen molar-refractivity contribution in [2.24, 2.45) is 5.41 Å². The number of carbonyl (C=O) groups is 1. The van der Waals surface area contributed by atoms with Crippen molar-refractivity contribution in [2.45, 2.75) is 38.2 Å². The molecule has 1 aliphatic carbocycles. The van der Waals surface area contributed by atoms with Crippen molar-refractivity contribution >= 4 is 5.97 Å². The second-order valence-electron chi connectivity index (χ2n) is 4.15. The van der Waals surface area contributed by atoms with Crippen molar-refractivity contribution in [2.75, 3.05) is 13.7 Å². The number of ether oxygens (including phenoxy) is 1. The number of rotatable bonds is 4. The summed E-state index contributed by atoms with van der Waals surface area (Å²) >= 11 is 0. The first kappa shape index (κ1) is 14.7. The van der Waals surface area contributed by atoms with Crippen molar-refractivity contribution < 1.29 is 32.8 Å². The highest BCUT2D eigenvalue weighted by atomic mass is 35.5. The molecule has 4 nitrogen and oxygen atoms in total. The topological polar surface area (TPSA) is 74.2 Å². The molecule has 0 unspecified atom stereocenters. The third-order valence-corrected chi connectivity index (χ3v) is 3.36. The SMILES string of the molecule is CO[C@H]1CCCC[C@@]1(C[NH3+])CC(=O)O.[Cl-]. The molecule has 0 amide bonds. The minimum Gasteiger partial charge on any atom is -1.00 e. The van der Waals surface area contributed by atoms with Gasteiger partial charge < -0.3 is 28.0 Å². The molecule has 1 aliphatic rings. The molecule has 15 heavy (non-hydrogen) atoms. The highest BCUT2D eigenvalue weighted by Gasteiger charge is 2.43. The van der Waals surface area contributed by atoms with Crippen LogP contribution in [0.2, 0.25) is 0 Å². The van der Waals surface area contributed by atoms with E-state index >= 15 is 0 Å². The highest BCUT2D eigenvalue weighted by Crippen LogP contribution is 2.39. The average Bonchev–Trinajstić information content (AvgIpc) is 2.17. The molecule has 0 aliphatic heterocycles. The van der Waals surface area contributed by atoms with E-state index in [1.807, 2.05) is 0 Å². The lowest BCUT2D eigenvalue weighted by Crippen LogP contribution is -3.00. The lowest BCUT2D eigenvalue weighted by atomic mass is 9.69. The lowest BCUT2D eigenvalue weighted by molar-refractivity contribution is -0.402. The molecule has 90 valence electrons. The van der Waals surface area contributed by atoms with Gasteiger partial charge in [-0.1, -0.05) is 12.8 Å². The van der Waals surface area contributed by atoms with Crippen LogP contribution in [0.5, 0.6) is 0 Å². The van der Waals surface area contributed by atoms with E-state index in [-0.39, 0.29) is 30.3 Å². The molecule has 0 radical (unpaired) electrons. The standard InChI is InChI=1S/C10H19NO3.ClH/c1-14-8-4-2-3-5-10(8,7-11)6-9(12)13;/h8H,2-7,11H2,1H3,(H,12,13);1H/t8-,10-;/m0./s1. The fourth-order valence-corrected chi connectivity index (χ4v) is 2.52. The molecule has 0 aromatic heterocycles. The normalized spacial score (nSPS) is 30.7. The summed E-state index contributed by atoms with van der Waals surface area (Å²) < 4.78 is 5.40. The molecule has 0 aromatic carbocycles. The molecule has 0 aromatic rings. The Labute approximate surface area is 96.6 Å². The number of halogens is 1. The summed E-state index contributed by atoms with van der Waals surface area (Å²) in [5.74, 6) is -0.738. The fraction of sp³-hybridized carbons (Fsp3) is 0.900. The Bertz CT molecular complexity index is 213. The van der Waals surface area contributed by atoms with Gasteiger partial charge in [0.1, 0.15) is 0 Å². The van der Waals surface area contributed by atoms with Crippen molar-refractivity contribution in [3.8, 4) is 0 Å². The van der Waals surface area contributed by atoms with Gasteiger partial charge in [-0.2, -0.15) is 0 Å². The molecule has 1 rings (SSSR count). The van der Waals surface area contributed by atoms with E-state index in [4.69, 9.17) is 9.84 Å². The molecule has 1 fully saturated rings. The van der Waals surface area contributed by atoms with Gasteiger partial charge in [-0.15, -0.1) is 0 Å². The third-order valence-electron chi connectivity index (χ3n) is 3.36. The van der Waals surface area contributed by atoms with Crippen LogP contribution in [0.15, 0.2) is 0 Å². The summed E-state index contributed by atoms with van der Waals surface area (Å²) in [5, 5.41) is 8.89. The molecule has 2 atom stereocenters. The van der Waals surface area contributed by atoms with E-state index in [1.165, 1.54) is 0 Å². The Morgan fingerprint density at radius 3 is 2.73 bits per heavy atom. The zero-order valence-electron chi connectivity index (χ0n) is 9.17. The van der Waals surface area contributed by atoms with Gasteiger partial charge in [0.2, 0.25) is 0 Å². The van der Waals surface area contributed by atoms with Crippen molar-refractivity contribution in [1.82, 2.24) is 0 Å². The molecule has 4 N–H and O–H groups in total. The molecular formula is C10H20ClNO3. The number of hydrogen-bond acceptors (Lipinski definition) is 2. The molecule has 0 heterocycles. The molecular weight excluding hydrogens is 218 g/mol. The van der Waals surface area contributed by atoms with Crippen LogP contribution < -0.4 is 18.1 Å². The van der Waals surface area contributed by atoms with Crippen LogP contribution in [0, 0.1) is 5.41 Å². The van der Waals surface area contributed by atoms with Gasteiger partial charge in [-0.05, 0) is 12.8 Å². The molecule has 0 spiro atoms. The van der Waals surface area contributed by atoms with Gasteiger partial charge in [0.05, 0.1) is 24.5 Å². The van der Waals surface area contributed by atoms with Crippen LogP contribution in [0.4, 0.5) is 0 Å². The van der Waals surface area contributed by atoms with E-state index < -0.39 is 5.97 Å². The third kappa shape index (κ3) is 3.33. The monoisotopic (exact) mass is 237 g/mol. The highest BCUT2D eigenvalue weighted by molar-refractivity contribution is 5.67. The number of aliphatic carboxylic acids is 1. The molecule has 1 saturated carbocycles. The van der Waals surface area contributed by atoms with E-state index in [9.17, 15) is 4.79 Å². The quantitative estimate of drug-likeness (QED) is 0.558. The number of methoxy groups -OCH3 is 1. The van der Waals surface area contributed by atoms with E-state index in [1.54, 1.807) is 7.11 Å². The van der Waals surface area contributed by atoms with Crippen molar-refractivity contribution in [3.63, 3.8) is 0 Å². The Hall–Kier alpha value is -0.320. The maximum Gasteiger partial charge on any atom is 0.304 e. The zero-order chi connectivity index (χ0) is 10.6. The Morgan fingerprint density at radius 1 is 1.60 bits per heavy atom. The minimum absolute atomic E-state index is 0. The lowest BCUT2D eigenvalue weighted by Gasteiger charge is -2.39. The smallest absolute Gasteiger partial charge is 0.304 e. The first-order valence-electron chi connectivity index (χ1n) is 5.18. The van der Waals surface area contributed by atoms with Crippen LogP contribution >= 0.6 is 0 Å². The maximum atomic E-state index is 10.8. The summed E-state index contributed by atoms with van der Waals surface area (Å²) in [6.07, 6.45) is 4.41. The molecule has 0 saturated heterocycles. The largest absolute Gasteiger partial charge is 1.00 e. The molecule has 0 bridgehead atoms. The van der Waals surface area contributed by atoms with E-state index in [0.717, 1.165) is 25.7 Å². The molecule has 5 heteroatoms. The second kappa shape index (κ2) is 6.30.